The van der Waals surface area contributed by atoms with Crippen LogP contribution in [-0.2, 0) is 24.2 Å². The molecule has 0 amide bonds. The van der Waals surface area contributed by atoms with Gasteiger partial charge in [0.05, 0.1) is 25.1 Å². The lowest BCUT2D eigenvalue weighted by Gasteiger charge is -2.27. The highest BCUT2D eigenvalue weighted by molar-refractivity contribution is 7.18. The first kappa shape index (κ1) is 20.6. The fraction of sp³-hybridized carbons (Fsp3) is 0.333. The van der Waals surface area contributed by atoms with Gasteiger partial charge in [0.15, 0.2) is 0 Å². The van der Waals surface area contributed by atoms with Crippen LogP contribution in [0.2, 0.25) is 0 Å². The van der Waals surface area contributed by atoms with E-state index in [0.717, 1.165) is 65.6 Å². The van der Waals surface area contributed by atoms with Crippen LogP contribution in [0.1, 0.15) is 17.8 Å². The van der Waals surface area contributed by atoms with Crippen LogP contribution >= 0.6 is 22.7 Å². The predicted octanol–water partition coefficient (Wildman–Crippen LogP) is 4.65. The molecule has 31 heavy (non-hydrogen) atoms. The molecule has 4 heterocycles. The third-order valence-corrected chi connectivity index (χ3v) is 7.49. The first-order valence-corrected chi connectivity index (χ1v) is 12.4. The number of hydrogen-bond donors (Lipinski definition) is 0. The second-order valence-corrected chi connectivity index (χ2v) is 9.58. The molecular weight excluding hydrogens is 426 g/mol. The minimum atomic E-state index is 0.0889. The molecule has 1 aliphatic heterocycles. The maximum atomic E-state index is 13.7. The van der Waals surface area contributed by atoms with Gasteiger partial charge >= 0.3 is 0 Å². The summed E-state index contributed by atoms with van der Waals surface area (Å²) in [6.45, 7) is 4.60. The molecule has 5 rings (SSSR count). The molecule has 0 bridgehead atoms. The minimum absolute atomic E-state index is 0.0889. The van der Waals surface area contributed by atoms with Gasteiger partial charge in [-0.15, -0.1) is 22.7 Å². The van der Waals surface area contributed by atoms with Gasteiger partial charge in [-0.05, 0) is 29.9 Å². The molecule has 160 valence electrons. The Bertz CT molecular complexity index is 1190. The van der Waals surface area contributed by atoms with Crippen molar-refractivity contribution in [2.45, 2.75) is 25.9 Å². The number of ether oxygens (including phenoxy) is 1. The number of benzene rings is 1. The van der Waals surface area contributed by atoms with Crippen molar-refractivity contribution in [3.63, 3.8) is 0 Å². The van der Waals surface area contributed by atoms with E-state index in [1.54, 1.807) is 22.7 Å². The molecular formula is C24H25N3O2S2. The predicted molar refractivity (Wildman–Crippen MR) is 128 cm³/mol. The van der Waals surface area contributed by atoms with Crippen molar-refractivity contribution in [1.82, 2.24) is 14.5 Å². The van der Waals surface area contributed by atoms with E-state index in [0.29, 0.717) is 13.1 Å². The van der Waals surface area contributed by atoms with Crippen LogP contribution in [0, 0.1) is 0 Å². The van der Waals surface area contributed by atoms with E-state index in [9.17, 15) is 4.79 Å². The molecule has 7 heteroatoms. The van der Waals surface area contributed by atoms with E-state index in [2.05, 4.69) is 46.0 Å². The Morgan fingerprint density at radius 3 is 2.65 bits per heavy atom. The number of hydrogen-bond acceptors (Lipinski definition) is 6. The molecule has 5 nitrogen and oxygen atoms in total. The molecule has 0 aliphatic carbocycles. The van der Waals surface area contributed by atoms with Gasteiger partial charge in [-0.25, -0.2) is 4.98 Å². The monoisotopic (exact) mass is 451 g/mol. The molecule has 1 aliphatic rings. The van der Waals surface area contributed by atoms with E-state index in [-0.39, 0.29) is 5.56 Å². The zero-order valence-corrected chi connectivity index (χ0v) is 19.0. The summed E-state index contributed by atoms with van der Waals surface area (Å²) in [5.74, 6) is 0.868. The zero-order chi connectivity index (χ0) is 21.0. The van der Waals surface area contributed by atoms with E-state index in [1.807, 2.05) is 16.7 Å². The van der Waals surface area contributed by atoms with Crippen LogP contribution in [0.3, 0.4) is 0 Å². The Morgan fingerprint density at radius 1 is 1.03 bits per heavy atom. The summed E-state index contributed by atoms with van der Waals surface area (Å²) in [6, 6.07) is 14.6. The molecule has 1 fully saturated rings. The highest BCUT2D eigenvalue weighted by Gasteiger charge is 2.20. The summed E-state index contributed by atoms with van der Waals surface area (Å²) in [5, 5.41) is 4.90. The second-order valence-electron chi connectivity index (χ2n) is 7.77. The number of thiophene rings is 2. The Hall–Kier alpha value is -2.32. The first-order valence-electron chi connectivity index (χ1n) is 10.7. The van der Waals surface area contributed by atoms with Gasteiger partial charge in [0, 0.05) is 35.5 Å². The van der Waals surface area contributed by atoms with Gasteiger partial charge in [0.2, 0.25) is 0 Å². The fourth-order valence-corrected chi connectivity index (χ4v) is 5.85. The highest BCUT2D eigenvalue weighted by Crippen LogP contribution is 2.33. The Morgan fingerprint density at radius 2 is 1.87 bits per heavy atom. The number of aromatic nitrogens is 2. The van der Waals surface area contributed by atoms with Gasteiger partial charge in [-0.1, -0.05) is 36.4 Å². The Labute approximate surface area is 189 Å². The van der Waals surface area contributed by atoms with Gasteiger partial charge in [-0.3, -0.25) is 14.3 Å². The van der Waals surface area contributed by atoms with Crippen LogP contribution in [0.15, 0.2) is 58.0 Å². The minimum Gasteiger partial charge on any atom is -0.379 e. The lowest BCUT2D eigenvalue weighted by molar-refractivity contribution is 0.0324. The largest absolute Gasteiger partial charge is 0.379 e. The van der Waals surface area contributed by atoms with Crippen molar-refractivity contribution < 1.29 is 4.74 Å². The molecule has 1 aromatic carbocycles. The average Bonchev–Trinajstić information content (AvgIpc) is 3.47. The fourth-order valence-electron chi connectivity index (χ4n) is 4.08. The summed E-state index contributed by atoms with van der Waals surface area (Å²) in [6.07, 6.45) is 1.86. The normalized spacial score (nSPS) is 15.0. The van der Waals surface area contributed by atoms with E-state index in [4.69, 9.17) is 9.72 Å². The smallest absolute Gasteiger partial charge is 0.262 e. The van der Waals surface area contributed by atoms with Gasteiger partial charge in [0.25, 0.3) is 5.56 Å². The van der Waals surface area contributed by atoms with Gasteiger partial charge in [0.1, 0.15) is 10.7 Å². The summed E-state index contributed by atoms with van der Waals surface area (Å²) in [7, 11) is 0. The number of nitrogens with zero attached hydrogens (tertiary/aromatic N) is 3. The van der Waals surface area contributed by atoms with Crippen LogP contribution in [-0.4, -0.2) is 40.8 Å². The molecule has 0 N–H and O–H groups in total. The molecule has 3 aromatic heterocycles. The number of fused-ring (bicyclic) bond motifs is 1. The summed E-state index contributed by atoms with van der Waals surface area (Å²) in [5.41, 5.74) is 2.40. The van der Waals surface area contributed by atoms with Crippen molar-refractivity contribution >= 4 is 32.9 Å². The maximum Gasteiger partial charge on any atom is 0.262 e. The van der Waals surface area contributed by atoms with E-state index >= 15 is 0 Å². The van der Waals surface area contributed by atoms with Crippen LogP contribution in [0.4, 0.5) is 0 Å². The Kier molecular flexibility index (Phi) is 6.27. The Balaban J connectivity index is 1.50. The third kappa shape index (κ3) is 4.50. The summed E-state index contributed by atoms with van der Waals surface area (Å²) < 4.78 is 7.41. The zero-order valence-electron chi connectivity index (χ0n) is 17.3. The topological polar surface area (TPSA) is 47.4 Å². The lowest BCUT2D eigenvalue weighted by Crippen LogP contribution is -2.38. The van der Waals surface area contributed by atoms with Crippen molar-refractivity contribution in [3.05, 3.63) is 75.0 Å². The number of morpholine rings is 1. The first-order chi connectivity index (χ1) is 15.3. The molecule has 4 aromatic rings. The van der Waals surface area contributed by atoms with Gasteiger partial charge < -0.3 is 4.74 Å². The molecule has 0 spiro atoms. The highest BCUT2D eigenvalue weighted by atomic mass is 32.1. The summed E-state index contributed by atoms with van der Waals surface area (Å²) >= 11 is 3.24. The van der Waals surface area contributed by atoms with E-state index in [1.165, 1.54) is 5.56 Å². The van der Waals surface area contributed by atoms with E-state index < -0.39 is 0 Å². The molecule has 0 radical (unpaired) electrons. The molecule has 0 atom stereocenters. The quantitative estimate of drug-likeness (QED) is 0.410. The molecule has 0 unspecified atom stereocenters. The lowest BCUT2D eigenvalue weighted by atomic mass is 10.1. The van der Waals surface area contributed by atoms with Crippen LogP contribution < -0.4 is 5.56 Å². The van der Waals surface area contributed by atoms with Crippen molar-refractivity contribution in [1.29, 1.82) is 0 Å². The maximum absolute atomic E-state index is 13.7. The average molecular weight is 452 g/mol. The van der Waals surface area contributed by atoms with Crippen molar-refractivity contribution in [2.24, 2.45) is 0 Å². The number of rotatable bonds is 7. The standard InChI is InChI=1S/C24H25N3O2S2/c28-24-22-19(20-9-5-15-30-20)17-31-23(22)25-21(16-26-11-13-29-14-12-26)27(24)10-4-8-18-6-2-1-3-7-18/h1-3,5-7,9,15,17H,4,8,10-14,16H2. The van der Waals surface area contributed by atoms with Crippen molar-refractivity contribution in [3.8, 4) is 10.4 Å². The van der Waals surface area contributed by atoms with Gasteiger partial charge in [-0.2, -0.15) is 0 Å². The number of aryl methyl sites for hydroxylation is 1. The summed E-state index contributed by atoms with van der Waals surface area (Å²) in [4.78, 5) is 23.0. The van der Waals surface area contributed by atoms with Crippen LogP contribution in [0.5, 0.6) is 0 Å². The third-order valence-electron chi connectivity index (χ3n) is 5.72. The molecule has 1 saturated heterocycles. The van der Waals surface area contributed by atoms with Crippen molar-refractivity contribution in [2.75, 3.05) is 26.3 Å². The second kappa shape index (κ2) is 9.44. The van der Waals surface area contributed by atoms with Crippen LogP contribution in [0.25, 0.3) is 20.7 Å². The SMILES string of the molecule is O=c1c2c(-c3cccs3)csc2nc(CN2CCOCC2)n1CCCc1ccccc1. The molecule has 0 saturated carbocycles.